The maximum atomic E-state index is 5.51. The molecule has 0 aromatic carbocycles. The standard InChI is InChI=1S/C11H19N5/c1-15-6-5-9(7-15)8-16(2)11-4-3-10(12)13-14-11/h3-4,9H,5-8H2,1-2H3,(H2,12,13). The molecule has 2 rings (SSSR count). The summed E-state index contributed by atoms with van der Waals surface area (Å²) in [6, 6.07) is 3.71. The molecule has 0 aliphatic carbocycles. The third-order valence-corrected chi connectivity index (χ3v) is 3.08. The second-order valence-corrected chi connectivity index (χ2v) is 4.61. The Morgan fingerprint density at radius 1 is 1.50 bits per heavy atom. The highest BCUT2D eigenvalue weighted by Crippen LogP contribution is 2.17. The monoisotopic (exact) mass is 221 g/mol. The van der Waals surface area contributed by atoms with Crippen LogP contribution in [-0.4, -0.2) is 48.8 Å². The van der Waals surface area contributed by atoms with E-state index in [0.717, 1.165) is 18.3 Å². The van der Waals surface area contributed by atoms with Crippen molar-refractivity contribution in [3.8, 4) is 0 Å². The quantitative estimate of drug-likeness (QED) is 0.803. The number of rotatable bonds is 3. The van der Waals surface area contributed by atoms with Gasteiger partial charge in [0.05, 0.1) is 0 Å². The molecule has 0 saturated carbocycles. The molecule has 2 N–H and O–H groups in total. The van der Waals surface area contributed by atoms with Gasteiger partial charge < -0.3 is 15.5 Å². The van der Waals surface area contributed by atoms with Crippen molar-refractivity contribution in [1.29, 1.82) is 0 Å². The van der Waals surface area contributed by atoms with Crippen LogP contribution in [0.5, 0.6) is 0 Å². The van der Waals surface area contributed by atoms with Gasteiger partial charge in [-0.1, -0.05) is 0 Å². The Kier molecular flexibility index (Phi) is 3.24. The van der Waals surface area contributed by atoms with E-state index in [-0.39, 0.29) is 0 Å². The number of hydrogen-bond acceptors (Lipinski definition) is 5. The average Bonchev–Trinajstić information content (AvgIpc) is 2.65. The molecule has 1 atom stereocenters. The Labute approximate surface area is 96.2 Å². The summed E-state index contributed by atoms with van der Waals surface area (Å²) in [6.07, 6.45) is 1.27. The van der Waals surface area contributed by atoms with E-state index in [4.69, 9.17) is 5.73 Å². The molecule has 2 heterocycles. The first kappa shape index (κ1) is 11.1. The van der Waals surface area contributed by atoms with Crippen LogP contribution in [0.2, 0.25) is 0 Å². The maximum absolute atomic E-state index is 5.51. The lowest BCUT2D eigenvalue weighted by molar-refractivity contribution is 0.395. The SMILES string of the molecule is CN1CCC(CN(C)c2ccc(N)nn2)C1. The van der Waals surface area contributed by atoms with E-state index < -0.39 is 0 Å². The van der Waals surface area contributed by atoms with Crippen LogP contribution in [0.4, 0.5) is 11.6 Å². The summed E-state index contributed by atoms with van der Waals surface area (Å²) < 4.78 is 0. The summed E-state index contributed by atoms with van der Waals surface area (Å²) in [4.78, 5) is 4.52. The van der Waals surface area contributed by atoms with Crippen LogP contribution < -0.4 is 10.6 Å². The van der Waals surface area contributed by atoms with Gasteiger partial charge in [0, 0.05) is 20.1 Å². The van der Waals surface area contributed by atoms with Crippen molar-refractivity contribution in [2.45, 2.75) is 6.42 Å². The van der Waals surface area contributed by atoms with Gasteiger partial charge in [-0.3, -0.25) is 0 Å². The zero-order valence-electron chi connectivity index (χ0n) is 9.93. The summed E-state index contributed by atoms with van der Waals surface area (Å²) >= 11 is 0. The van der Waals surface area contributed by atoms with Gasteiger partial charge in [0.1, 0.15) is 5.82 Å². The molecule has 0 amide bonds. The maximum Gasteiger partial charge on any atom is 0.151 e. The predicted octanol–water partition coefficient (Wildman–Crippen LogP) is 0.447. The van der Waals surface area contributed by atoms with Crippen molar-refractivity contribution in [3.05, 3.63) is 12.1 Å². The summed E-state index contributed by atoms with van der Waals surface area (Å²) in [5, 5.41) is 7.94. The van der Waals surface area contributed by atoms with Crippen molar-refractivity contribution in [3.63, 3.8) is 0 Å². The number of nitrogens with zero attached hydrogens (tertiary/aromatic N) is 4. The number of nitrogen functional groups attached to an aromatic ring is 1. The third-order valence-electron chi connectivity index (χ3n) is 3.08. The van der Waals surface area contributed by atoms with Crippen LogP contribution in [0.3, 0.4) is 0 Å². The molecule has 1 unspecified atom stereocenters. The van der Waals surface area contributed by atoms with Crippen LogP contribution in [0, 0.1) is 5.92 Å². The molecule has 0 spiro atoms. The molecule has 5 nitrogen and oxygen atoms in total. The first-order chi connectivity index (χ1) is 7.65. The minimum Gasteiger partial charge on any atom is -0.382 e. The van der Waals surface area contributed by atoms with E-state index in [1.54, 1.807) is 6.07 Å². The average molecular weight is 221 g/mol. The largest absolute Gasteiger partial charge is 0.382 e. The van der Waals surface area contributed by atoms with Gasteiger partial charge >= 0.3 is 0 Å². The molecule has 0 bridgehead atoms. The van der Waals surface area contributed by atoms with Gasteiger partial charge in [-0.2, -0.15) is 0 Å². The molecular weight excluding hydrogens is 202 g/mol. The zero-order chi connectivity index (χ0) is 11.5. The van der Waals surface area contributed by atoms with E-state index >= 15 is 0 Å². The summed E-state index contributed by atoms with van der Waals surface area (Å²) in [6.45, 7) is 3.40. The highest BCUT2D eigenvalue weighted by molar-refractivity contribution is 5.40. The van der Waals surface area contributed by atoms with Crippen molar-refractivity contribution >= 4 is 11.6 Å². The normalized spacial score (nSPS) is 21.2. The Morgan fingerprint density at radius 3 is 2.88 bits per heavy atom. The minimum atomic E-state index is 0.470. The van der Waals surface area contributed by atoms with Gasteiger partial charge in [0.25, 0.3) is 0 Å². The molecule has 1 aliphatic rings. The van der Waals surface area contributed by atoms with Crippen molar-refractivity contribution in [2.24, 2.45) is 5.92 Å². The van der Waals surface area contributed by atoms with Crippen molar-refractivity contribution < 1.29 is 0 Å². The van der Waals surface area contributed by atoms with Crippen molar-refractivity contribution in [1.82, 2.24) is 15.1 Å². The van der Waals surface area contributed by atoms with Crippen LogP contribution in [-0.2, 0) is 0 Å². The first-order valence-electron chi connectivity index (χ1n) is 5.64. The van der Waals surface area contributed by atoms with Gasteiger partial charge in [0.15, 0.2) is 5.82 Å². The summed E-state index contributed by atoms with van der Waals surface area (Å²) in [7, 11) is 4.22. The van der Waals surface area contributed by atoms with Gasteiger partial charge in [-0.05, 0) is 38.1 Å². The number of hydrogen-bond donors (Lipinski definition) is 1. The number of likely N-dealkylation sites (tertiary alicyclic amines) is 1. The third kappa shape index (κ3) is 2.61. The molecule has 5 heteroatoms. The number of anilines is 2. The van der Waals surface area contributed by atoms with Crippen molar-refractivity contribution in [2.75, 3.05) is 44.4 Å². The lowest BCUT2D eigenvalue weighted by atomic mass is 10.1. The lowest BCUT2D eigenvalue weighted by Gasteiger charge is -2.21. The number of aromatic nitrogens is 2. The smallest absolute Gasteiger partial charge is 0.151 e. The molecule has 88 valence electrons. The summed E-state index contributed by atoms with van der Waals surface area (Å²) in [5.74, 6) is 2.09. The second-order valence-electron chi connectivity index (χ2n) is 4.61. The van der Waals surface area contributed by atoms with Crippen LogP contribution in [0.15, 0.2) is 12.1 Å². The van der Waals surface area contributed by atoms with E-state index in [1.165, 1.54) is 19.5 Å². The van der Waals surface area contributed by atoms with Gasteiger partial charge in [-0.15, -0.1) is 10.2 Å². The Morgan fingerprint density at radius 2 is 2.31 bits per heavy atom. The van der Waals surface area contributed by atoms with Gasteiger partial charge in [0.2, 0.25) is 0 Å². The molecule has 1 fully saturated rings. The Bertz CT molecular complexity index is 337. The van der Waals surface area contributed by atoms with E-state index in [0.29, 0.717) is 5.82 Å². The highest BCUT2D eigenvalue weighted by Gasteiger charge is 2.21. The Balaban J connectivity index is 1.92. The van der Waals surface area contributed by atoms with Crippen LogP contribution >= 0.6 is 0 Å². The van der Waals surface area contributed by atoms with Gasteiger partial charge in [-0.25, -0.2) is 0 Å². The van der Waals surface area contributed by atoms with Crippen LogP contribution in [0.1, 0.15) is 6.42 Å². The lowest BCUT2D eigenvalue weighted by Crippen LogP contribution is -2.28. The van der Waals surface area contributed by atoms with Crippen LogP contribution in [0.25, 0.3) is 0 Å². The minimum absolute atomic E-state index is 0.470. The predicted molar refractivity (Wildman–Crippen MR) is 65.3 cm³/mol. The number of nitrogens with two attached hydrogens (primary N) is 1. The van der Waals surface area contributed by atoms with E-state index in [9.17, 15) is 0 Å². The molecule has 1 saturated heterocycles. The molecule has 1 aromatic rings. The van der Waals surface area contributed by atoms with E-state index in [1.807, 2.05) is 6.07 Å². The van der Waals surface area contributed by atoms with E-state index in [2.05, 4.69) is 34.1 Å². The molecule has 1 aromatic heterocycles. The molecular formula is C11H19N5. The fraction of sp³-hybridized carbons (Fsp3) is 0.636. The zero-order valence-corrected chi connectivity index (χ0v) is 9.93. The topological polar surface area (TPSA) is 58.3 Å². The fourth-order valence-corrected chi connectivity index (χ4v) is 2.20. The fourth-order valence-electron chi connectivity index (χ4n) is 2.20. The first-order valence-corrected chi connectivity index (χ1v) is 5.64. The summed E-state index contributed by atoms with van der Waals surface area (Å²) in [5.41, 5.74) is 5.51. The molecule has 0 radical (unpaired) electrons. The Hall–Kier alpha value is -1.36. The highest BCUT2D eigenvalue weighted by atomic mass is 15.3. The molecule has 16 heavy (non-hydrogen) atoms. The molecule has 1 aliphatic heterocycles. The second kappa shape index (κ2) is 4.65.